The predicted molar refractivity (Wildman–Crippen MR) is 135 cm³/mol. The van der Waals surface area contributed by atoms with Gasteiger partial charge in [0.15, 0.2) is 11.5 Å². The molecule has 0 aliphatic carbocycles. The van der Waals surface area contributed by atoms with Gasteiger partial charge in [0.1, 0.15) is 16.1 Å². The molecule has 3 rings (SSSR count). The van der Waals surface area contributed by atoms with Crippen LogP contribution in [-0.4, -0.2) is 30.4 Å². The van der Waals surface area contributed by atoms with Gasteiger partial charge in [0, 0.05) is 21.9 Å². The summed E-state index contributed by atoms with van der Waals surface area (Å²) < 4.78 is 11.5. The molecule has 3 aromatic carbocycles. The van der Waals surface area contributed by atoms with Gasteiger partial charge >= 0.3 is 0 Å². The van der Waals surface area contributed by atoms with Crippen LogP contribution < -0.4 is 9.47 Å². The second kappa shape index (κ2) is 8.22. The van der Waals surface area contributed by atoms with E-state index in [4.69, 9.17) is 9.47 Å². The van der Waals surface area contributed by atoms with Gasteiger partial charge in [-0.25, -0.2) is 0 Å². The summed E-state index contributed by atoms with van der Waals surface area (Å²) in [5.41, 5.74) is 8.98. The average molecular weight is 431 g/mol. The highest BCUT2D eigenvalue weighted by atomic mass is 28.3. The molecule has 0 spiro atoms. The van der Waals surface area contributed by atoms with E-state index in [1.807, 2.05) is 0 Å². The van der Waals surface area contributed by atoms with E-state index in [-0.39, 0.29) is 0 Å². The molecule has 0 aliphatic heterocycles. The highest BCUT2D eigenvalue weighted by Crippen LogP contribution is 2.43. The Morgan fingerprint density at radius 1 is 0.567 bits per heavy atom. The monoisotopic (exact) mass is 430 g/mol. The standard InChI is InChI=1S/C26H30O2Si2/c1-27-25-21-11-9-19(13-15-29(3,4)5)17-23(21)24-18-20(14-16-30(6,7)8)10-12-22(24)26(25)28-2/h9-12,17-18H,1-8H3. The molecule has 0 saturated heterocycles. The molecule has 4 heteroatoms. The molecule has 0 N–H and O–H groups in total. The first-order valence-corrected chi connectivity index (χ1v) is 17.2. The molecule has 154 valence electrons. The quantitative estimate of drug-likeness (QED) is 0.264. The summed E-state index contributed by atoms with van der Waals surface area (Å²) in [5, 5.41) is 4.27. The van der Waals surface area contributed by atoms with Crippen molar-refractivity contribution in [3.8, 4) is 34.4 Å². The number of methoxy groups -OCH3 is 2. The molecular weight excluding hydrogens is 400 g/mol. The van der Waals surface area contributed by atoms with Crippen molar-refractivity contribution in [3.63, 3.8) is 0 Å². The van der Waals surface area contributed by atoms with Crippen LogP contribution >= 0.6 is 0 Å². The first-order chi connectivity index (χ1) is 14.0. The molecule has 0 atom stereocenters. The molecule has 30 heavy (non-hydrogen) atoms. The van der Waals surface area contributed by atoms with E-state index < -0.39 is 16.1 Å². The Labute approximate surface area is 182 Å². The molecule has 0 radical (unpaired) electrons. The third-order valence-corrected chi connectivity index (χ3v) is 6.35. The van der Waals surface area contributed by atoms with Crippen LogP contribution in [0.1, 0.15) is 11.1 Å². The normalized spacial score (nSPS) is 11.5. The first-order valence-electron chi connectivity index (χ1n) is 10.2. The van der Waals surface area contributed by atoms with Crippen LogP contribution in [0.2, 0.25) is 39.3 Å². The van der Waals surface area contributed by atoms with Crippen molar-refractivity contribution in [1.29, 1.82) is 0 Å². The SMILES string of the molecule is COc1c(OC)c2ccc(C#C[Si](C)(C)C)cc2c2cc(C#C[Si](C)(C)C)ccc12. The number of hydrogen-bond donors (Lipinski definition) is 0. The number of benzene rings is 3. The molecule has 0 bridgehead atoms. The van der Waals surface area contributed by atoms with E-state index in [1.165, 1.54) is 0 Å². The van der Waals surface area contributed by atoms with Crippen LogP contribution in [0.3, 0.4) is 0 Å². The smallest absolute Gasteiger partial charge is 0.169 e. The summed E-state index contributed by atoms with van der Waals surface area (Å²) in [4.78, 5) is 0. The van der Waals surface area contributed by atoms with E-state index >= 15 is 0 Å². The predicted octanol–water partition coefficient (Wildman–Crippen LogP) is 6.47. The lowest BCUT2D eigenvalue weighted by Gasteiger charge is -2.16. The molecule has 0 heterocycles. The van der Waals surface area contributed by atoms with Crippen molar-refractivity contribution in [2.75, 3.05) is 14.2 Å². The van der Waals surface area contributed by atoms with Gasteiger partial charge < -0.3 is 9.47 Å². The largest absolute Gasteiger partial charge is 0.492 e. The van der Waals surface area contributed by atoms with Crippen molar-refractivity contribution >= 4 is 37.7 Å². The van der Waals surface area contributed by atoms with Crippen molar-refractivity contribution in [1.82, 2.24) is 0 Å². The Balaban J connectivity index is 2.36. The Morgan fingerprint density at radius 3 is 1.23 bits per heavy atom. The second-order valence-corrected chi connectivity index (χ2v) is 19.1. The second-order valence-electron chi connectivity index (χ2n) is 9.59. The van der Waals surface area contributed by atoms with Crippen LogP contribution in [0.4, 0.5) is 0 Å². The minimum atomic E-state index is -1.45. The maximum atomic E-state index is 5.76. The molecule has 0 aliphatic rings. The fourth-order valence-electron chi connectivity index (χ4n) is 3.25. The Kier molecular flexibility index (Phi) is 6.04. The molecule has 0 fully saturated rings. The van der Waals surface area contributed by atoms with Gasteiger partial charge in [-0.1, -0.05) is 51.1 Å². The highest BCUT2D eigenvalue weighted by molar-refractivity contribution is 6.84. The fraction of sp³-hybridized carbons (Fsp3) is 0.308. The zero-order chi connectivity index (χ0) is 22.1. The highest BCUT2D eigenvalue weighted by Gasteiger charge is 2.17. The number of hydrogen-bond acceptors (Lipinski definition) is 2. The maximum Gasteiger partial charge on any atom is 0.169 e. The maximum absolute atomic E-state index is 5.76. The van der Waals surface area contributed by atoms with Crippen molar-refractivity contribution in [2.24, 2.45) is 0 Å². The fourth-order valence-corrected chi connectivity index (χ4v) is 4.29. The Bertz CT molecular complexity index is 1140. The molecule has 0 saturated carbocycles. The summed E-state index contributed by atoms with van der Waals surface area (Å²) in [7, 11) is 0.478. The van der Waals surface area contributed by atoms with Crippen molar-refractivity contribution in [3.05, 3.63) is 47.5 Å². The lowest BCUT2D eigenvalue weighted by atomic mass is 9.96. The zero-order valence-electron chi connectivity index (χ0n) is 19.3. The average Bonchev–Trinajstić information content (AvgIpc) is 2.68. The molecular formula is C26H30O2Si2. The van der Waals surface area contributed by atoms with Gasteiger partial charge in [0.25, 0.3) is 0 Å². The third-order valence-electron chi connectivity index (χ3n) is 4.60. The van der Waals surface area contributed by atoms with Crippen LogP contribution in [0.15, 0.2) is 36.4 Å². The van der Waals surface area contributed by atoms with Crippen molar-refractivity contribution in [2.45, 2.75) is 39.3 Å². The zero-order valence-corrected chi connectivity index (χ0v) is 21.3. The lowest BCUT2D eigenvalue weighted by molar-refractivity contribution is 0.362. The first kappa shape index (κ1) is 22.0. The number of ether oxygens (including phenoxy) is 2. The summed E-state index contributed by atoms with van der Waals surface area (Å²) in [6.07, 6.45) is 0. The van der Waals surface area contributed by atoms with Gasteiger partial charge in [-0.15, -0.1) is 11.1 Å². The molecule has 0 amide bonds. The topological polar surface area (TPSA) is 18.5 Å². The van der Waals surface area contributed by atoms with E-state index in [0.29, 0.717) is 0 Å². The van der Waals surface area contributed by atoms with Gasteiger partial charge in [-0.05, 0) is 47.2 Å². The number of fused-ring (bicyclic) bond motifs is 3. The van der Waals surface area contributed by atoms with Crippen LogP contribution in [0, 0.1) is 22.9 Å². The van der Waals surface area contributed by atoms with E-state index in [2.05, 4.69) is 98.6 Å². The Hall–Kier alpha value is -2.67. The van der Waals surface area contributed by atoms with Gasteiger partial charge in [-0.2, -0.15) is 0 Å². The molecule has 2 nitrogen and oxygen atoms in total. The Morgan fingerprint density at radius 2 is 0.933 bits per heavy atom. The lowest BCUT2D eigenvalue weighted by Crippen LogP contribution is -2.16. The van der Waals surface area contributed by atoms with Crippen LogP contribution in [0.25, 0.3) is 21.5 Å². The van der Waals surface area contributed by atoms with E-state index in [1.54, 1.807) is 14.2 Å². The third kappa shape index (κ3) is 4.90. The van der Waals surface area contributed by atoms with E-state index in [0.717, 1.165) is 44.2 Å². The summed E-state index contributed by atoms with van der Waals surface area (Å²) >= 11 is 0. The van der Waals surface area contributed by atoms with Crippen LogP contribution in [-0.2, 0) is 0 Å². The van der Waals surface area contributed by atoms with E-state index in [9.17, 15) is 0 Å². The van der Waals surface area contributed by atoms with Crippen LogP contribution in [0.5, 0.6) is 11.5 Å². The summed E-state index contributed by atoms with van der Waals surface area (Å²) in [6, 6.07) is 12.6. The molecule has 3 aromatic rings. The van der Waals surface area contributed by atoms with Gasteiger partial charge in [-0.3, -0.25) is 0 Å². The van der Waals surface area contributed by atoms with Gasteiger partial charge in [0.05, 0.1) is 14.2 Å². The summed E-state index contributed by atoms with van der Waals surface area (Å²) in [6.45, 7) is 13.5. The molecule has 0 aromatic heterocycles. The minimum absolute atomic E-state index is 0.755. The minimum Gasteiger partial charge on any atom is -0.492 e. The molecule has 0 unspecified atom stereocenters. The number of rotatable bonds is 2. The van der Waals surface area contributed by atoms with Crippen molar-refractivity contribution < 1.29 is 9.47 Å². The summed E-state index contributed by atoms with van der Waals surface area (Å²) in [5.74, 6) is 8.28. The van der Waals surface area contributed by atoms with Gasteiger partial charge in [0.2, 0.25) is 0 Å².